The number of hydrogen-bond donors (Lipinski definition) is 2. The van der Waals surface area contributed by atoms with E-state index >= 15 is 0 Å². The summed E-state index contributed by atoms with van der Waals surface area (Å²) >= 11 is 0. The molecule has 0 spiro atoms. The van der Waals surface area contributed by atoms with E-state index in [0.717, 1.165) is 12.1 Å². The van der Waals surface area contributed by atoms with Crippen molar-refractivity contribution in [2.45, 2.75) is 46.3 Å². The van der Waals surface area contributed by atoms with Crippen molar-refractivity contribution in [3.63, 3.8) is 0 Å². The third-order valence-corrected chi connectivity index (χ3v) is 3.44. The van der Waals surface area contributed by atoms with Crippen molar-refractivity contribution < 1.29 is 5.11 Å². The fourth-order valence-electron chi connectivity index (χ4n) is 1.81. The smallest absolute Gasteiger partial charge is 0.102 e. The van der Waals surface area contributed by atoms with Crippen molar-refractivity contribution in [1.82, 2.24) is 5.32 Å². The molecule has 0 aliphatic carbocycles. The maximum atomic E-state index is 10.5. The number of nitrogens with one attached hydrogen (secondary N) is 1. The van der Waals surface area contributed by atoms with Gasteiger partial charge in [-0.15, -0.1) is 0 Å². The van der Waals surface area contributed by atoms with Crippen LogP contribution in [0.2, 0.25) is 0 Å². The maximum absolute atomic E-state index is 10.5. The zero-order valence-corrected chi connectivity index (χ0v) is 11.0. The van der Waals surface area contributed by atoms with Crippen LogP contribution < -0.4 is 5.32 Å². The van der Waals surface area contributed by atoms with E-state index in [2.05, 4.69) is 31.3 Å². The van der Waals surface area contributed by atoms with E-state index in [4.69, 9.17) is 0 Å². The number of aryl methyl sites for hydroxylation is 2. The van der Waals surface area contributed by atoms with E-state index in [9.17, 15) is 5.11 Å². The summed E-state index contributed by atoms with van der Waals surface area (Å²) in [4.78, 5) is 0. The number of hydrogen-bond acceptors (Lipinski definition) is 2. The Balaban J connectivity index is 3.01. The summed E-state index contributed by atoms with van der Waals surface area (Å²) < 4.78 is 0. The highest BCUT2D eigenvalue weighted by Gasteiger charge is 2.29. The predicted octanol–water partition coefficient (Wildman–Crippen LogP) is 2.51. The van der Waals surface area contributed by atoms with Crippen LogP contribution in [0.3, 0.4) is 0 Å². The Labute approximate surface area is 98.7 Å². The van der Waals surface area contributed by atoms with Gasteiger partial charge in [-0.3, -0.25) is 0 Å². The Morgan fingerprint density at radius 1 is 1.31 bits per heavy atom. The van der Waals surface area contributed by atoms with Gasteiger partial charge in [0.05, 0.1) is 0 Å². The molecule has 2 unspecified atom stereocenters. The molecule has 0 aromatic heterocycles. The molecule has 1 aromatic rings. The number of aliphatic hydroxyl groups is 1. The molecule has 0 saturated heterocycles. The highest BCUT2D eigenvalue weighted by atomic mass is 16.3. The highest BCUT2D eigenvalue weighted by molar-refractivity contribution is 5.33. The first-order chi connectivity index (χ1) is 7.39. The zero-order chi connectivity index (χ0) is 12.3. The van der Waals surface area contributed by atoms with Crippen molar-refractivity contribution in [3.05, 3.63) is 34.9 Å². The fourth-order valence-corrected chi connectivity index (χ4v) is 1.81. The van der Waals surface area contributed by atoms with E-state index in [-0.39, 0.29) is 6.04 Å². The summed E-state index contributed by atoms with van der Waals surface area (Å²) in [5.41, 5.74) is 2.63. The number of benzene rings is 1. The molecule has 1 aromatic carbocycles. The van der Waals surface area contributed by atoms with Gasteiger partial charge in [0, 0.05) is 6.04 Å². The maximum Gasteiger partial charge on any atom is 0.102 e. The molecule has 90 valence electrons. The number of likely N-dealkylation sites (N-methyl/N-ethyl adjacent to an activating group) is 1. The summed E-state index contributed by atoms with van der Waals surface area (Å²) in [7, 11) is 0. The van der Waals surface area contributed by atoms with Crippen molar-refractivity contribution in [2.24, 2.45) is 0 Å². The van der Waals surface area contributed by atoms with Gasteiger partial charge in [0.25, 0.3) is 0 Å². The zero-order valence-electron chi connectivity index (χ0n) is 11.0. The standard InChI is InChI=1S/C14H23NO/c1-6-15-12(4)14(5,16)13-8-7-10(2)11(3)9-13/h7-9,12,15-16H,6H2,1-5H3. The first-order valence-corrected chi connectivity index (χ1v) is 5.93. The highest BCUT2D eigenvalue weighted by Crippen LogP contribution is 2.26. The van der Waals surface area contributed by atoms with Crippen LogP contribution in [0, 0.1) is 13.8 Å². The lowest BCUT2D eigenvalue weighted by Crippen LogP contribution is -2.44. The first-order valence-electron chi connectivity index (χ1n) is 5.93. The average molecular weight is 221 g/mol. The second kappa shape index (κ2) is 4.98. The van der Waals surface area contributed by atoms with Gasteiger partial charge in [-0.2, -0.15) is 0 Å². The molecule has 0 saturated carbocycles. The van der Waals surface area contributed by atoms with Gasteiger partial charge in [0.1, 0.15) is 5.60 Å². The molecule has 16 heavy (non-hydrogen) atoms. The summed E-state index contributed by atoms with van der Waals surface area (Å²) in [5.74, 6) is 0. The molecule has 2 N–H and O–H groups in total. The third-order valence-electron chi connectivity index (χ3n) is 3.44. The van der Waals surface area contributed by atoms with Crippen LogP contribution in [-0.4, -0.2) is 17.7 Å². The Bertz CT molecular complexity index is 358. The Morgan fingerprint density at radius 2 is 1.94 bits per heavy atom. The Hall–Kier alpha value is -0.860. The second-order valence-corrected chi connectivity index (χ2v) is 4.73. The molecule has 1 rings (SSSR count). The van der Waals surface area contributed by atoms with E-state index in [1.165, 1.54) is 11.1 Å². The van der Waals surface area contributed by atoms with Gasteiger partial charge in [0.2, 0.25) is 0 Å². The third kappa shape index (κ3) is 2.63. The minimum atomic E-state index is -0.825. The SMILES string of the molecule is CCNC(C)C(C)(O)c1ccc(C)c(C)c1. The quantitative estimate of drug-likeness (QED) is 0.819. The van der Waals surface area contributed by atoms with Gasteiger partial charge >= 0.3 is 0 Å². The molecule has 0 heterocycles. The Morgan fingerprint density at radius 3 is 2.44 bits per heavy atom. The molecule has 2 atom stereocenters. The fraction of sp³-hybridized carbons (Fsp3) is 0.571. The van der Waals surface area contributed by atoms with Crippen molar-refractivity contribution in [3.8, 4) is 0 Å². The van der Waals surface area contributed by atoms with Crippen molar-refractivity contribution in [1.29, 1.82) is 0 Å². The predicted molar refractivity (Wildman–Crippen MR) is 68.6 cm³/mol. The van der Waals surface area contributed by atoms with Crippen LogP contribution in [0.1, 0.15) is 37.5 Å². The van der Waals surface area contributed by atoms with Crippen LogP contribution >= 0.6 is 0 Å². The molecular weight excluding hydrogens is 198 g/mol. The van der Waals surface area contributed by atoms with Crippen LogP contribution in [0.4, 0.5) is 0 Å². The molecule has 0 aliphatic rings. The van der Waals surface area contributed by atoms with Crippen LogP contribution in [0.25, 0.3) is 0 Å². The first kappa shape index (κ1) is 13.2. The van der Waals surface area contributed by atoms with Gasteiger partial charge in [-0.05, 0) is 50.9 Å². The average Bonchev–Trinajstić information content (AvgIpc) is 2.22. The molecule has 0 amide bonds. The van der Waals surface area contributed by atoms with Crippen molar-refractivity contribution in [2.75, 3.05) is 6.54 Å². The van der Waals surface area contributed by atoms with Crippen molar-refractivity contribution >= 4 is 0 Å². The minimum Gasteiger partial charge on any atom is -0.384 e. The van der Waals surface area contributed by atoms with Crippen LogP contribution in [0.5, 0.6) is 0 Å². The second-order valence-electron chi connectivity index (χ2n) is 4.73. The lowest BCUT2D eigenvalue weighted by atomic mass is 9.87. The lowest BCUT2D eigenvalue weighted by molar-refractivity contribution is 0.0221. The van der Waals surface area contributed by atoms with Crippen LogP contribution in [-0.2, 0) is 5.60 Å². The molecule has 0 fully saturated rings. The van der Waals surface area contributed by atoms with Gasteiger partial charge in [-0.1, -0.05) is 25.1 Å². The molecule has 2 heteroatoms. The molecule has 0 aliphatic heterocycles. The van der Waals surface area contributed by atoms with E-state index in [0.29, 0.717) is 0 Å². The van der Waals surface area contributed by atoms with Crippen LogP contribution in [0.15, 0.2) is 18.2 Å². The Kier molecular flexibility index (Phi) is 4.11. The van der Waals surface area contributed by atoms with Gasteiger partial charge in [0.15, 0.2) is 0 Å². The van der Waals surface area contributed by atoms with Gasteiger partial charge < -0.3 is 10.4 Å². The van der Waals surface area contributed by atoms with E-state index in [1.54, 1.807) is 0 Å². The largest absolute Gasteiger partial charge is 0.384 e. The molecule has 0 bridgehead atoms. The van der Waals surface area contributed by atoms with Gasteiger partial charge in [-0.25, -0.2) is 0 Å². The minimum absolute atomic E-state index is 0.0413. The summed E-state index contributed by atoms with van der Waals surface area (Å²) in [6.45, 7) is 11.0. The summed E-state index contributed by atoms with van der Waals surface area (Å²) in [5, 5.41) is 13.8. The monoisotopic (exact) mass is 221 g/mol. The topological polar surface area (TPSA) is 32.3 Å². The summed E-state index contributed by atoms with van der Waals surface area (Å²) in [6, 6.07) is 6.19. The van der Waals surface area contributed by atoms with E-state index < -0.39 is 5.60 Å². The number of rotatable bonds is 4. The lowest BCUT2D eigenvalue weighted by Gasteiger charge is -2.31. The van der Waals surface area contributed by atoms with E-state index in [1.807, 2.05) is 26.8 Å². The molecule has 2 nitrogen and oxygen atoms in total. The summed E-state index contributed by atoms with van der Waals surface area (Å²) in [6.07, 6.45) is 0. The molecular formula is C14H23NO. The molecule has 0 radical (unpaired) electrons. The normalized spacial score (nSPS) is 16.9.